The predicted octanol–water partition coefficient (Wildman–Crippen LogP) is 0.763. The molecule has 0 spiro atoms. The lowest BCUT2D eigenvalue weighted by Crippen LogP contribution is -2.51. The lowest BCUT2D eigenvalue weighted by atomic mass is 10.0. The maximum Gasteiger partial charge on any atom is 0.330 e. The highest BCUT2D eigenvalue weighted by molar-refractivity contribution is 7.81. The van der Waals surface area contributed by atoms with Crippen molar-refractivity contribution >= 4 is 24.5 Å². The molecule has 0 aromatic rings. The van der Waals surface area contributed by atoms with Gasteiger partial charge in [0.2, 0.25) is 5.91 Å². The zero-order chi connectivity index (χ0) is 11.4. The second kappa shape index (κ2) is 5.24. The van der Waals surface area contributed by atoms with Crippen molar-refractivity contribution in [3.05, 3.63) is 0 Å². The first-order valence-electron chi connectivity index (χ1n) is 4.45. The van der Waals surface area contributed by atoms with Crippen molar-refractivity contribution in [1.82, 2.24) is 5.32 Å². The summed E-state index contributed by atoms with van der Waals surface area (Å²) < 4.78 is 4.19. The summed E-state index contributed by atoms with van der Waals surface area (Å²) in [6.45, 7) is 6.85. The van der Waals surface area contributed by atoms with Gasteiger partial charge in [-0.05, 0) is 20.8 Å². The molecule has 5 heteroatoms. The van der Waals surface area contributed by atoms with Gasteiger partial charge in [-0.3, -0.25) is 4.79 Å². The van der Waals surface area contributed by atoms with Crippen molar-refractivity contribution in [3.63, 3.8) is 0 Å². The van der Waals surface area contributed by atoms with Crippen LogP contribution in [-0.2, 0) is 14.3 Å². The molecule has 0 aromatic heterocycles. The Balaban J connectivity index is 4.55. The van der Waals surface area contributed by atoms with E-state index in [2.05, 4.69) is 17.9 Å². The maximum absolute atomic E-state index is 11.4. The molecule has 0 unspecified atom stereocenters. The van der Waals surface area contributed by atoms with Crippen LogP contribution in [0.4, 0.5) is 0 Å². The summed E-state index contributed by atoms with van der Waals surface area (Å²) >= 11 is 4.24. The van der Waals surface area contributed by atoms with Gasteiger partial charge >= 0.3 is 5.97 Å². The van der Waals surface area contributed by atoms with E-state index in [4.69, 9.17) is 4.74 Å². The van der Waals surface area contributed by atoms with Crippen LogP contribution in [0.25, 0.3) is 0 Å². The van der Waals surface area contributed by atoms with Gasteiger partial charge < -0.3 is 10.1 Å². The van der Waals surface area contributed by atoms with Gasteiger partial charge in [-0.1, -0.05) is 0 Å². The van der Waals surface area contributed by atoms with E-state index in [0.717, 1.165) is 0 Å². The summed E-state index contributed by atoms with van der Waals surface area (Å²) in [6, 6.07) is -0.719. The monoisotopic (exact) mass is 219 g/mol. The average Bonchev–Trinajstić information content (AvgIpc) is 1.98. The number of thiol groups is 1. The third-order valence-corrected chi connectivity index (χ3v) is 1.83. The van der Waals surface area contributed by atoms with Gasteiger partial charge in [0.25, 0.3) is 0 Å². The summed E-state index contributed by atoms with van der Waals surface area (Å²) in [7, 11) is 0. The molecule has 0 bridgehead atoms. The van der Waals surface area contributed by atoms with Crippen molar-refractivity contribution in [2.24, 2.45) is 0 Å². The number of esters is 1. The first-order chi connectivity index (χ1) is 6.29. The summed E-state index contributed by atoms with van der Waals surface area (Å²) in [5.41, 5.74) is 0. The molecule has 0 aliphatic carbocycles. The molecular weight excluding hydrogens is 202 g/mol. The summed E-state index contributed by atoms with van der Waals surface area (Å²) in [6.07, 6.45) is 0. The highest BCUT2D eigenvalue weighted by Gasteiger charge is 2.34. The molecule has 0 saturated heterocycles. The lowest BCUT2D eigenvalue weighted by Gasteiger charge is -2.27. The van der Waals surface area contributed by atoms with Crippen molar-refractivity contribution < 1.29 is 14.3 Å². The van der Waals surface area contributed by atoms with Crippen LogP contribution in [-0.4, -0.2) is 29.3 Å². The molecule has 0 rings (SSSR count). The third-order valence-electron chi connectivity index (χ3n) is 1.58. The van der Waals surface area contributed by atoms with Gasteiger partial charge in [-0.2, -0.15) is 12.6 Å². The maximum atomic E-state index is 11.4. The summed E-state index contributed by atoms with van der Waals surface area (Å²) in [4.78, 5) is 22.3. The number of carbonyl (C=O) groups is 2. The van der Waals surface area contributed by atoms with Crippen LogP contribution in [0, 0.1) is 0 Å². The molecule has 82 valence electrons. The zero-order valence-electron chi connectivity index (χ0n) is 8.96. The van der Waals surface area contributed by atoms with Gasteiger partial charge in [-0.25, -0.2) is 4.79 Å². The van der Waals surface area contributed by atoms with E-state index in [0.29, 0.717) is 6.61 Å². The van der Waals surface area contributed by atoms with Crippen LogP contribution in [0.3, 0.4) is 0 Å². The second-order valence-electron chi connectivity index (χ2n) is 3.54. The molecule has 1 amide bonds. The Morgan fingerprint density at radius 1 is 1.50 bits per heavy atom. The van der Waals surface area contributed by atoms with Gasteiger partial charge in [0.05, 0.1) is 6.61 Å². The lowest BCUT2D eigenvalue weighted by molar-refractivity contribution is -0.147. The number of carbonyl (C=O) groups excluding carboxylic acids is 2. The quantitative estimate of drug-likeness (QED) is 0.542. The van der Waals surface area contributed by atoms with Crippen molar-refractivity contribution in [3.8, 4) is 0 Å². The fourth-order valence-electron chi connectivity index (χ4n) is 0.953. The molecular formula is C9H17NO3S. The Kier molecular flexibility index (Phi) is 4.97. The number of nitrogens with one attached hydrogen (secondary N) is 1. The van der Waals surface area contributed by atoms with E-state index >= 15 is 0 Å². The first kappa shape index (κ1) is 13.3. The molecule has 1 atom stereocenters. The van der Waals surface area contributed by atoms with Crippen LogP contribution >= 0.6 is 12.6 Å². The van der Waals surface area contributed by atoms with Gasteiger partial charge in [0.15, 0.2) is 0 Å². The van der Waals surface area contributed by atoms with Gasteiger partial charge in [-0.15, -0.1) is 0 Å². The predicted molar refractivity (Wildman–Crippen MR) is 57.3 cm³/mol. The molecule has 1 N–H and O–H groups in total. The number of hydrogen-bond acceptors (Lipinski definition) is 4. The van der Waals surface area contributed by atoms with E-state index in [9.17, 15) is 9.59 Å². The fourth-order valence-corrected chi connectivity index (χ4v) is 1.12. The van der Waals surface area contributed by atoms with Gasteiger partial charge in [0.1, 0.15) is 6.04 Å². The average molecular weight is 219 g/mol. The van der Waals surface area contributed by atoms with Crippen molar-refractivity contribution in [2.75, 3.05) is 6.61 Å². The number of hydrogen-bond donors (Lipinski definition) is 2. The Labute approximate surface area is 89.8 Å². The highest BCUT2D eigenvalue weighted by atomic mass is 32.1. The van der Waals surface area contributed by atoms with Crippen molar-refractivity contribution in [1.29, 1.82) is 0 Å². The molecule has 0 aromatic carbocycles. The van der Waals surface area contributed by atoms with Crippen LogP contribution in [0.15, 0.2) is 0 Å². The SMILES string of the molecule is CCOC(=O)[C@@H](NC(C)=O)C(C)(C)S. The molecule has 0 heterocycles. The van der Waals surface area contributed by atoms with Crippen LogP contribution < -0.4 is 5.32 Å². The third kappa shape index (κ3) is 4.50. The normalized spacial score (nSPS) is 13.2. The smallest absolute Gasteiger partial charge is 0.330 e. The molecule has 0 fully saturated rings. The Morgan fingerprint density at radius 3 is 2.29 bits per heavy atom. The van der Waals surface area contributed by atoms with Crippen LogP contribution in [0.2, 0.25) is 0 Å². The molecule has 0 saturated carbocycles. The molecule has 0 radical (unpaired) electrons. The standard InChI is InChI=1S/C9H17NO3S/c1-5-13-8(12)7(9(3,4)14)10-6(2)11/h7,14H,5H2,1-4H3,(H,10,11)/t7-/m1/s1. The van der Waals surface area contributed by atoms with E-state index < -0.39 is 16.8 Å². The van der Waals surface area contributed by atoms with E-state index in [1.807, 2.05) is 0 Å². The van der Waals surface area contributed by atoms with E-state index in [1.54, 1.807) is 20.8 Å². The Bertz CT molecular complexity index is 223. The van der Waals surface area contributed by atoms with Crippen LogP contribution in [0.5, 0.6) is 0 Å². The molecule has 14 heavy (non-hydrogen) atoms. The topological polar surface area (TPSA) is 55.4 Å². The highest BCUT2D eigenvalue weighted by Crippen LogP contribution is 2.18. The number of rotatable bonds is 4. The largest absolute Gasteiger partial charge is 0.464 e. The number of ether oxygens (including phenoxy) is 1. The number of amides is 1. The molecule has 0 aliphatic rings. The molecule has 0 aliphatic heterocycles. The fraction of sp³-hybridized carbons (Fsp3) is 0.778. The van der Waals surface area contributed by atoms with E-state index in [1.165, 1.54) is 6.92 Å². The minimum absolute atomic E-state index is 0.273. The minimum atomic E-state index is -0.719. The first-order valence-corrected chi connectivity index (χ1v) is 4.90. The Hall–Kier alpha value is -0.710. The Morgan fingerprint density at radius 2 is 2.00 bits per heavy atom. The van der Waals surface area contributed by atoms with E-state index in [-0.39, 0.29) is 5.91 Å². The molecule has 4 nitrogen and oxygen atoms in total. The zero-order valence-corrected chi connectivity index (χ0v) is 9.85. The van der Waals surface area contributed by atoms with Gasteiger partial charge in [0, 0.05) is 11.7 Å². The summed E-state index contributed by atoms with van der Waals surface area (Å²) in [5, 5.41) is 2.51. The van der Waals surface area contributed by atoms with Crippen LogP contribution in [0.1, 0.15) is 27.7 Å². The van der Waals surface area contributed by atoms with Crippen molar-refractivity contribution in [2.45, 2.75) is 38.5 Å². The summed E-state index contributed by atoms with van der Waals surface area (Å²) in [5.74, 6) is -0.729. The minimum Gasteiger partial charge on any atom is -0.464 e. The second-order valence-corrected chi connectivity index (χ2v) is 4.69.